The number of nitrogens with zero attached hydrogens (tertiary/aromatic N) is 3. The Morgan fingerprint density at radius 2 is 2.08 bits per heavy atom. The number of hydrogen-bond donors (Lipinski definition) is 1. The van der Waals surface area contributed by atoms with Crippen molar-refractivity contribution >= 4 is 39.0 Å². The van der Waals surface area contributed by atoms with Gasteiger partial charge in [0.25, 0.3) is 0 Å². The molecule has 0 unspecified atom stereocenters. The van der Waals surface area contributed by atoms with Crippen LogP contribution in [0.1, 0.15) is 12.8 Å². The van der Waals surface area contributed by atoms with Crippen molar-refractivity contribution in [3.63, 3.8) is 0 Å². The summed E-state index contributed by atoms with van der Waals surface area (Å²) in [4.78, 5) is 12.3. The highest BCUT2D eigenvalue weighted by atomic mass is 35.5. The molecule has 1 aromatic carbocycles. The Morgan fingerprint density at radius 1 is 1.25 bits per heavy atom. The lowest BCUT2D eigenvalue weighted by atomic mass is 9.98. The Labute approximate surface area is 149 Å². The Bertz CT molecular complexity index is 849. The van der Waals surface area contributed by atoms with Crippen LogP contribution in [0, 0.1) is 5.92 Å². The van der Waals surface area contributed by atoms with Crippen LogP contribution in [0.25, 0.3) is 21.3 Å². The zero-order valence-electron chi connectivity index (χ0n) is 13.2. The predicted molar refractivity (Wildman–Crippen MR) is 99.9 cm³/mol. The molecule has 24 heavy (non-hydrogen) atoms. The van der Waals surface area contributed by atoms with Gasteiger partial charge in [-0.2, -0.15) is 0 Å². The Kier molecular flexibility index (Phi) is 4.39. The number of hydrogen-bond acceptors (Lipinski definition) is 5. The maximum atomic E-state index is 9.52. The highest BCUT2D eigenvalue weighted by molar-refractivity contribution is 7.17. The average Bonchev–Trinajstić information content (AvgIpc) is 3.06. The summed E-state index contributed by atoms with van der Waals surface area (Å²) in [5, 5.41) is 13.5. The molecular weight excluding hydrogens is 342 g/mol. The first-order valence-corrected chi connectivity index (χ1v) is 9.36. The molecule has 0 radical (unpaired) electrons. The van der Waals surface area contributed by atoms with Gasteiger partial charge in [-0.25, -0.2) is 9.97 Å². The highest BCUT2D eigenvalue weighted by Crippen LogP contribution is 2.39. The van der Waals surface area contributed by atoms with Gasteiger partial charge in [0.15, 0.2) is 0 Å². The minimum Gasteiger partial charge on any atom is -0.396 e. The summed E-state index contributed by atoms with van der Waals surface area (Å²) in [6, 6.07) is 7.89. The van der Waals surface area contributed by atoms with Crippen LogP contribution in [-0.4, -0.2) is 34.8 Å². The van der Waals surface area contributed by atoms with Crippen molar-refractivity contribution in [2.75, 3.05) is 24.6 Å². The van der Waals surface area contributed by atoms with E-state index in [0.717, 1.165) is 58.1 Å². The van der Waals surface area contributed by atoms with E-state index in [1.807, 2.05) is 24.3 Å². The van der Waals surface area contributed by atoms with E-state index in [-0.39, 0.29) is 6.61 Å². The van der Waals surface area contributed by atoms with Crippen molar-refractivity contribution in [2.24, 2.45) is 5.92 Å². The van der Waals surface area contributed by atoms with Crippen molar-refractivity contribution in [3.05, 3.63) is 41.0 Å². The first-order valence-electron chi connectivity index (χ1n) is 8.10. The number of rotatable bonds is 3. The molecule has 6 heteroatoms. The zero-order chi connectivity index (χ0) is 16.5. The van der Waals surface area contributed by atoms with E-state index in [2.05, 4.69) is 20.2 Å². The number of aromatic nitrogens is 2. The molecule has 1 saturated heterocycles. The summed E-state index contributed by atoms with van der Waals surface area (Å²) in [5.41, 5.74) is 2.27. The topological polar surface area (TPSA) is 49.2 Å². The quantitative estimate of drug-likeness (QED) is 0.760. The molecule has 0 amide bonds. The number of fused-ring (bicyclic) bond motifs is 1. The van der Waals surface area contributed by atoms with E-state index in [1.165, 1.54) is 0 Å². The van der Waals surface area contributed by atoms with Crippen LogP contribution in [0.5, 0.6) is 0 Å². The number of halogens is 1. The van der Waals surface area contributed by atoms with E-state index in [9.17, 15) is 5.11 Å². The third kappa shape index (κ3) is 2.88. The molecule has 0 spiro atoms. The summed E-state index contributed by atoms with van der Waals surface area (Å²) >= 11 is 7.66. The molecule has 4 rings (SSSR count). The van der Waals surface area contributed by atoms with E-state index in [1.54, 1.807) is 17.7 Å². The monoisotopic (exact) mass is 359 g/mol. The zero-order valence-corrected chi connectivity index (χ0v) is 14.7. The second kappa shape index (κ2) is 6.67. The number of aliphatic hydroxyl groups is 1. The molecule has 3 aromatic rings. The molecule has 1 N–H and O–H groups in total. The van der Waals surface area contributed by atoms with Crippen molar-refractivity contribution in [2.45, 2.75) is 12.8 Å². The fourth-order valence-corrected chi connectivity index (χ4v) is 4.38. The lowest BCUT2D eigenvalue weighted by Crippen LogP contribution is -2.37. The van der Waals surface area contributed by atoms with Gasteiger partial charge in [-0.05, 0) is 36.5 Å². The summed E-state index contributed by atoms with van der Waals surface area (Å²) < 4.78 is 0. The maximum absolute atomic E-state index is 9.52. The molecule has 0 bridgehead atoms. The molecule has 0 saturated carbocycles. The lowest BCUT2D eigenvalue weighted by molar-refractivity contribution is 0.208. The third-order valence-electron chi connectivity index (χ3n) is 4.58. The first kappa shape index (κ1) is 15.8. The number of anilines is 1. The number of aliphatic hydroxyl groups excluding tert-OH is 1. The van der Waals surface area contributed by atoms with E-state index in [4.69, 9.17) is 11.6 Å². The van der Waals surface area contributed by atoms with Gasteiger partial charge in [0.1, 0.15) is 17.0 Å². The molecule has 1 atom stereocenters. The smallest absolute Gasteiger partial charge is 0.141 e. The second-order valence-corrected chi connectivity index (χ2v) is 7.47. The van der Waals surface area contributed by atoms with Crippen LogP contribution in [-0.2, 0) is 0 Å². The SMILES string of the molecule is OC[C@H]1CCCN(c2ncnc3scc(-c4ccc(Cl)cc4)c23)C1. The summed E-state index contributed by atoms with van der Waals surface area (Å²) in [5.74, 6) is 1.30. The summed E-state index contributed by atoms with van der Waals surface area (Å²) in [6.45, 7) is 2.05. The van der Waals surface area contributed by atoms with E-state index in [0.29, 0.717) is 5.92 Å². The fourth-order valence-electron chi connectivity index (χ4n) is 3.35. The molecular formula is C18H18ClN3OS. The lowest BCUT2D eigenvalue weighted by Gasteiger charge is -2.33. The molecule has 1 fully saturated rings. The molecule has 124 valence electrons. The molecule has 1 aliphatic rings. The molecule has 1 aliphatic heterocycles. The van der Waals surface area contributed by atoms with Crippen molar-refractivity contribution in [1.29, 1.82) is 0 Å². The molecule has 4 nitrogen and oxygen atoms in total. The van der Waals surface area contributed by atoms with Gasteiger partial charge in [0.2, 0.25) is 0 Å². The van der Waals surface area contributed by atoms with Crippen LogP contribution in [0.3, 0.4) is 0 Å². The average molecular weight is 360 g/mol. The van der Waals surface area contributed by atoms with Gasteiger partial charge in [-0.1, -0.05) is 23.7 Å². The Hall–Kier alpha value is -1.69. The standard InChI is InChI=1S/C18H18ClN3OS/c19-14-5-3-13(4-6-14)15-10-24-18-16(15)17(20-11-21-18)22-7-1-2-12(8-22)9-23/h3-6,10-12,23H,1-2,7-9H2/t12-/m0/s1. The van der Waals surface area contributed by atoms with Gasteiger partial charge < -0.3 is 10.0 Å². The van der Waals surface area contributed by atoms with Gasteiger partial charge in [0, 0.05) is 35.7 Å². The minimum atomic E-state index is 0.235. The minimum absolute atomic E-state index is 0.235. The van der Waals surface area contributed by atoms with Crippen LogP contribution in [0.15, 0.2) is 36.0 Å². The van der Waals surface area contributed by atoms with Crippen LogP contribution in [0.2, 0.25) is 5.02 Å². The normalized spacial score (nSPS) is 18.2. The van der Waals surface area contributed by atoms with E-state index < -0.39 is 0 Å². The van der Waals surface area contributed by atoms with Gasteiger partial charge in [0.05, 0.1) is 5.39 Å². The Balaban J connectivity index is 1.81. The molecule has 2 aromatic heterocycles. The number of piperidine rings is 1. The Morgan fingerprint density at radius 3 is 2.88 bits per heavy atom. The number of thiophene rings is 1. The highest BCUT2D eigenvalue weighted by Gasteiger charge is 2.23. The second-order valence-electron chi connectivity index (χ2n) is 6.17. The number of benzene rings is 1. The first-order chi connectivity index (χ1) is 11.8. The van der Waals surface area contributed by atoms with Crippen molar-refractivity contribution < 1.29 is 5.11 Å². The molecule has 0 aliphatic carbocycles. The predicted octanol–water partition coefficient (Wildman–Crippen LogP) is 4.22. The van der Waals surface area contributed by atoms with Gasteiger partial charge in [-0.15, -0.1) is 11.3 Å². The largest absolute Gasteiger partial charge is 0.396 e. The van der Waals surface area contributed by atoms with Gasteiger partial charge >= 0.3 is 0 Å². The summed E-state index contributed by atoms with van der Waals surface area (Å²) in [7, 11) is 0. The van der Waals surface area contributed by atoms with Crippen LogP contribution < -0.4 is 4.90 Å². The van der Waals surface area contributed by atoms with Gasteiger partial charge in [-0.3, -0.25) is 0 Å². The van der Waals surface area contributed by atoms with Crippen LogP contribution in [0.4, 0.5) is 5.82 Å². The van der Waals surface area contributed by atoms with E-state index >= 15 is 0 Å². The third-order valence-corrected chi connectivity index (χ3v) is 5.72. The van der Waals surface area contributed by atoms with Crippen LogP contribution >= 0.6 is 22.9 Å². The summed E-state index contributed by atoms with van der Waals surface area (Å²) in [6.07, 6.45) is 3.80. The van der Waals surface area contributed by atoms with Crippen molar-refractivity contribution in [1.82, 2.24) is 9.97 Å². The maximum Gasteiger partial charge on any atom is 0.141 e. The molecule has 3 heterocycles. The van der Waals surface area contributed by atoms with Crippen molar-refractivity contribution in [3.8, 4) is 11.1 Å². The fraction of sp³-hybridized carbons (Fsp3) is 0.333.